The molecule has 0 aliphatic carbocycles. The maximum Gasteiger partial charge on any atom is 0.325 e. The first-order chi connectivity index (χ1) is 20.5. The molecule has 0 spiro atoms. The summed E-state index contributed by atoms with van der Waals surface area (Å²) < 4.78 is 55.8. The average molecular weight is 645 g/mol. The standard InChI is InChI=1S/C23H27F2N8O8PS/c24-14-11(2-4-34)39-23(33-8-30-16-10(33)5-13(26)31-21(16)36)18(14)41-42(37,43)38-6-12-17(35)15(25)22(40-12)32-3-1-9-19(27)28-7-29-20(9)32/h1,3,5,7-8,11-12,14-15,17-18,22-23,34-35H,2,4,6H2,(H,37,43)(H3,26,31,36)(H2,27,28,29)/t11-,12-,14-,15+,17-,18-,22-,23-,42?/m1/s1. The van der Waals surface area contributed by atoms with Crippen molar-refractivity contribution in [1.82, 2.24) is 29.1 Å². The molecule has 9 atom stereocenters. The van der Waals surface area contributed by atoms with E-state index in [1.807, 2.05) is 0 Å². The van der Waals surface area contributed by atoms with Crippen molar-refractivity contribution >= 4 is 52.2 Å². The van der Waals surface area contributed by atoms with Crippen molar-refractivity contribution in [3.8, 4) is 0 Å². The lowest BCUT2D eigenvalue weighted by Gasteiger charge is -2.26. The lowest BCUT2D eigenvalue weighted by Crippen LogP contribution is -2.33. The molecule has 4 aromatic rings. The summed E-state index contributed by atoms with van der Waals surface area (Å²) in [5, 5.41) is 20.4. The SMILES string of the molecule is Nc1cc2c(ncn2[C@@H]2O[C@H](CCO)[C@@H](F)[C@H]2OP(O)(=S)OC[C@H]2O[C@@H](n3ccc4c(N)ncnc43)[C@@H](F)[C@@H]2O)c(=O)[nH]1. The van der Waals surface area contributed by atoms with Crippen LogP contribution in [0.3, 0.4) is 0 Å². The number of nitrogen functional groups attached to an aromatic ring is 2. The smallest absolute Gasteiger partial charge is 0.325 e. The summed E-state index contributed by atoms with van der Waals surface area (Å²) in [6, 6.07) is 2.96. The third-order valence-corrected chi connectivity index (χ3v) is 8.87. The van der Waals surface area contributed by atoms with Gasteiger partial charge in [0.15, 0.2) is 30.3 Å². The average Bonchev–Trinajstić information content (AvgIpc) is 3.71. The maximum atomic E-state index is 15.6. The van der Waals surface area contributed by atoms with Crippen molar-refractivity contribution in [1.29, 1.82) is 0 Å². The number of nitrogens with zero attached hydrogens (tertiary/aromatic N) is 5. The Morgan fingerprint density at radius 1 is 1.14 bits per heavy atom. The first-order valence-corrected chi connectivity index (χ1v) is 15.5. The molecule has 232 valence electrons. The number of alkyl halides is 2. The summed E-state index contributed by atoms with van der Waals surface area (Å²) in [7, 11) is 0. The van der Waals surface area contributed by atoms with Crippen LogP contribution in [0.5, 0.6) is 0 Å². The number of imidazole rings is 1. The Hall–Kier alpha value is -3.13. The fraction of sp³-hybridized carbons (Fsp3) is 0.478. The van der Waals surface area contributed by atoms with E-state index in [-0.39, 0.29) is 34.7 Å². The molecule has 20 heteroatoms. The first-order valence-electron chi connectivity index (χ1n) is 12.9. The number of rotatable bonds is 9. The van der Waals surface area contributed by atoms with E-state index in [0.29, 0.717) is 5.39 Å². The Morgan fingerprint density at radius 3 is 2.67 bits per heavy atom. The minimum atomic E-state index is -4.30. The number of ether oxygens (including phenoxy) is 2. The van der Waals surface area contributed by atoms with Gasteiger partial charge in [-0.3, -0.25) is 9.32 Å². The predicted octanol–water partition coefficient (Wildman–Crippen LogP) is 0.167. The van der Waals surface area contributed by atoms with Gasteiger partial charge in [-0.2, -0.15) is 0 Å². The summed E-state index contributed by atoms with van der Waals surface area (Å²) in [6.45, 7) is -5.33. The van der Waals surface area contributed by atoms with Gasteiger partial charge < -0.3 is 54.7 Å². The van der Waals surface area contributed by atoms with Crippen LogP contribution < -0.4 is 17.0 Å². The van der Waals surface area contributed by atoms with Gasteiger partial charge in [0.25, 0.3) is 5.56 Å². The summed E-state index contributed by atoms with van der Waals surface area (Å²) in [5.41, 5.74) is 11.5. The normalized spacial score (nSPS) is 30.8. The number of anilines is 2. The third kappa shape index (κ3) is 5.41. The van der Waals surface area contributed by atoms with E-state index in [9.17, 15) is 19.9 Å². The quantitative estimate of drug-likeness (QED) is 0.133. The minimum absolute atomic E-state index is 0.00966. The van der Waals surface area contributed by atoms with E-state index in [1.165, 1.54) is 34.1 Å². The van der Waals surface area contributed by atoms with Crippen molar-refractivity contribution in [2.24, 2.45) is 0 Å². The lowest BCUT2D eigenvalue weighted by atomic mass is 10.1. The third-order valence-electron chi connectivity index (χ3n) is 7.31. The number of nitrogens with two attached hydrogens (primary N) is 2. The zero-order valence-corrected chi connectivity index (χ0v) is 23.7. The molecule has 1 unspecified atom stereocenters. The number of halogens is 2. The van der Waals surface area contributed by atoms with Crippen LogP contribution in [0, 0.1) is 0 Å². The molecule has 6 heterocycles. The molecule has 0 saturated carbocycles. The summed E-state index contributed by atoms with van der Waals surface area (Å²) in [5.74, 6) is 0.189. The number of hydrogen-bond donors (Lipinski definition) is 6. The molecule has 0 radical (unpaired) electrons. The molecule has 2 aliphatic heterocycles. The van der Waals surface area contributed by atoms with Gasteiger partial charge in [0.2, 0.25) is 0 Å². The summed E-state index contributed by atoms with van der Waals surface area (Å²) in [6.07, 6.45) is -8.43. The van der Waals surface area contributed by atoms with Crippen LogP contribution in [0.2, 0.25) is 0 Å². The van der Waals surface area contributed by atoms with Crippen LogP contribution in [0.15, 0.2) is 35.8 Å². The Bertz CT molecular complexity index is 1760. The highest BCUT2D eigenvalue weighted by molar-refractivity contribution is 8.07. The van der Waals surface area contributed by atoms with E-state index in [1.54, 1.807) is 6.07 Å². The van der Waals surface area contributed by atoms with Crippen LogP contribution in [-0.2, 0) is 30.3 Å². The number of hydrogen-bond acceptors (Lipinski definition) is 13. The molecule has 4 aromatic heterocycles. The molecule has 2 saturated heterocycles. The Kier molecular flexibility index (Phi) is 7.95. The fourth-order valence-electron chi connectivity index (χ4n) is 5.27. The number of aromatic nitrogens is 6. The van der Waals surface area contributed by atoms with Crippen molar-refractivity contribution < 1.29 is 42.4 Å². The minimum Gasteiger partial charge on any atom is -0.396 e. The number of H-pyrrole nitrogens is 1. The van der Waals surface area contributed by atoms with Crippen LogP contribution in [0.1, 0.15) is 18.9 Å². The second kappa shape index (κ2) is 11.4. The molecule has 16 nitrogen and oxygen atoms in total. The predicted molar refractivity (Wildman–Crippen MR) is 149 cm³/mol. The molecule has 0 amide bonds. The van der Waals surface area contributed by atoms with E-state index < -0.39 is 74.7 Å². The highest BCUT2D eigenvalue weighted by Crippen LogP contribution is 2.51. The monoisotopic (exact) mass is 644 g/mol. The van der Waals surface area contributed by atoms with Gasteiger partial charge in [0.05, 0.1) is 29.9 Å². The highest BCUT2D eigenvalue weighted by Gasteiger charge is 2.50. The Labute approximate surface area is 245 Å². The Morgan fingerprint density at radius 2 is 1.91 bits per heavy atom. The van der Waals surface area contributed by atoms with Crippen LogP contribution in [0.4, 0.5) is 20.4 Å². The molecule has 2 fully saturated rings. The van der Waals surface area contributed by atoms with Crippen molar-refractivity contribution in [3.63, 3.8) is 0 Å². The number of pyridine rings is 1. The fourth-order valence-corrected chi connectivity index (χ4v) is 6.67. The number of aliphatic hydroxyl groups excluding tert-OH is 2. The van der Waals surface area contributed by atoms with E-state index in [0.717, 1.165) is 0 Å². The van der Waals surface area contributed by atoms with E-state index >= 15 is 8.78 Å². The van der Waals surface area contributed by atoms with Crippen LogP contribution >= 0.6 is 6.72 Å². The van der Waals surface area contributed by atoms with Gasteiger partial charge in [-0.25, -0.2) is 23.7 Å². The molecule has 8 N–H and O–H groups in total. The first kappa shape index (κ1) is 29.9. The zero-order valence-electron chi connectivity index (χ0n) is 22.0. The molecular weight excluding hydrogens is 617 g/mol. The topological polar surface area (TPSA) is 231 Å². The van der Waals surface area contributed by atoms with E-state index in [2.05, 4.69) is 19.9 Å². The van der Waals surface area contributed by atoms with Gasteiger partial charge in [-0.15, -0.1) is 0 Å². The number of fused-ring (bicyclic) bond motifs is 2. The second-order valence-electron chi connectivity index (χ2n) is 10.0. The number of nitrogens with one attached hydrogen (secondary N) is 1. The number of aliphatic hydroxyl groups is 2. The van der Waals surface area contributed by atoms with Crippen molar-refractivity contribution in [3.05, 3.63) is 41.3 Å². The second-order valence-corrected chi connectivity index (χ2v) is 12.8. The largest absolute Gasteiger partial charge is 0.396 e. The van der Waals surface area contributed by atoms with Crippen LogP contribution in [0.25, 0.3) is 22.1 Å². The zero-order chi connectivity index (χ0) is 30.6. The molecular formula is C23H27F2N8O8PS. The molecule has 0 bridgehead atoms. The molecule has 6 rings (SSSR count). The maximum absolute atomic E-state index is 15.6. The van der Waals surface area contributed by atoms with Gasteiger partial charge in [-0.1, -0.05) is 0 Å². The highest BCUT2D eigenvalue weighted by atomic mass is 32.5. The van der Waals surface area contributed by atoms with Crippen molar-refractivity contribution in [2.45, 2.75) is 55.6 Å². The molecule has 43 heavy (non-hydrogen) atoms. The van der Waals surface area contributed by atoms with Gasteiger partial charge in [0, 0.05) is 18.9 Å². The van der Waals surface area contributed by atoms with E-state index in [4.69, 9.17) is 41.8 Å². The van der Waals surface area contributed by atoms with Crippen molar-refractivity contribution in [2.75, 3.05) is 24.7 Å². The molecule has 0 aromatic carbocycles. The van der Waals surface area contributed by atoms with Gasteiger partial charge >= 0.3 is 6.72 Å². The number of aromatic amines is 1. The summed E-state index contributed by atoms with van der Waals surface area (Å²) >= 11 is 5.13. The lowest BCUT2D eigenvalue weighted by molar-refractivity contribution is -0.0520. The molecule has 2 aliphatic rings. The summed E-state index contributed by atoms with van der Waals surface area (Å²) in [4.78, 5) is 37.6. The van der Waals surface area contributed by atoms with Gasteiger partial charge in [-0.05, 0) is 24.3 Å². The van der Waals surface area contributed by atoms with Crippen LogP contribution in [-0.4, -0.2) is 94.1 Å². The van der Waals surface area contributed by atoms with Gasteiger partial charge in [0.1, 0.15) is 41.9 Å². The Balaban J connectivity index is 1.19.